The summed E-state index contributed by atoms with van der Waals surface area (Å²) in [7, 11) is -4.21. The maximum Gasteiger partial charge on any atom is 0.410 e. The van der Waals surface area contributed by atoms with Crippen molar-refractivity contribution < 1.29 is 26.5 Å². The molecule has 0 spiro atoms. The third-order valence-corrected chi connectivity index (χ3v) is 3.16. The minimum atomic E-state index is -5.95. The zero-order valence-corrected chi connectivity index (χ0v) is 9.34. The number of amides is 1. The second-order valence-electron chi connectivity index (χ2n) is 3.57. The average molecular weight is 257 g/mol. The Kier molecular flexibility index (Phi) is 3.50. The van der Waals surface area contributed by atoms with Crippen LogP contribution in [0.3, 0.4) is 0 Å². The summed E-state index contributed by atoms with van der Waals surface area (Å²) >= 11 is 0. The van der Waals surface area contributed by atoms with Gasteiger partial charge >= 0.3 is 11.2 Å². The second-order valence-corrected chi connectivity index (χ2v) is 4.99. The molecular weight excluding hydrogens is 246 g/mol. The summed E-state index contributed by atoms with van der Waals surface area (Å²) < 4.78 is 56.5. The lowest BCUT2D eigenvalue weighted by molar-refractivity contribution is -0.149. The lowest BCUT2D eigenvalue weighted by Crippen LogP contribution is -2.54. The molecule has 1 saturated heterocycles. The van der Waals surface area contributed by atoms with Crippen LogP contribution >= 0.6 is 0 Å². The predicted octanol–water partition coefficient (Wildman–Crippen LogP) is -1.10. The molecule has 1 rings (SSSR count). The summed E-state index contributed by atoms with van der Waals surface area (Å²) in [5.74, 6) is -1.93. The maximum atomic E-state index is 12.9. The Morgan fingerprint density at radius 1 is 1.25 bits per heavy atom. The van der Waals surface area contributed by atoms with E-state index in [2.05, 4.69) is 0 Å². The van der Waals surface area contributed by atoms with E-state index in [1.165, 1.54) is 0 Å². The van der Waals surface area contributed by atoms with Crippen LogP contribution in [0.5, 0.6) is 0 Å². The van der Waals surface area contributed by atoms with E-state index in [0.717, 1.165) is 0 Å². The molecule has 0 aromatic rings. The van der Waals surface area contributed by atoms with E-state index in [-0.39, 0.29) is 13.1 Å². The Balaban J connectivity index is 2.79. The molecule has 0 bridgehead atoms. The summed E-state index contributed by atoms with van der Waals surface area (Å²) in [4.78, 5) is 13.6. The lowest BCUT2D eigenvalue weighted by atomic mass is 10.3. The number of halogens is 2. The molecule has 0 atom stereocenters. The number of hydrogen-bond donors (Lipinski definition) is 0. The van der Waals surface area contributed by atoms with E-state index in [9.17, 15) is 26.5 Å². The molecule has 94 valence electrons. The van der Waals surface area contributed by atoms with Crippen LogP contribution in [0, 0.1) is 0 Å². The van der Waals surface area contributed by atoms with Crippen LogP contribution < -0.4 is 0 Å². The molecule has 0 radical (unpaired) electrons. The molecule has 0 aromatic heterocycles. The van der Waals surface area contributed by atoms with E-state index < -0.39 is 21.3 Å². The number of nitrogens with zero attached hydrogens (tertiary/aromatic N) is 2. The lowest BCUT2D eigenvalue weighted by Gasteiger charge is -2.34. The Labute approximate surface area is 91.6 Å². The molecule has 1 heterocycles. The zero-order chi connectivity index (χ0) is 12.6. The topological polar surface area (TPSA) is 80.8 Å². The Morgan fingerprint density at radius 3 is 2.06 bits per heavy atom. The van der Waals surface area contributed by atoms with Gasteiger partial charge in [-0.3, -0.25) is 4.79 Å². The molecule has 1 aliphatic heterocycles. The Morgan fingerprint density at radius 2 is 1.69 bits per heavy atom. The van der Waals surface area contributed by atoms with Crippen molar-refractivity contribution in [1.82, 2.24) is 9.80 Å². The minimum Gasteiger partial charge on any atom is -0.743 e. The van der Waals surface area contributed by atoms with Gasteiger partial charge in [-0.2, -0.15) is 8.78 Å². The number of hydrogen-bond acceptors (Lipinski definition) is 5. The van der Waals surface area contributed by atoms with Gasteiger partial charge in [0.15, 0.2) is 10.1 Å². The van der Waals surface area contributed by atoms with Gasteiger partial charge in [0.1, 0.15) is 0 Å². The van der Waals surface area contributed by atoms with Crippen molar-refractivity contribution in [2.45, 2.75) is 5.25 Å². The summed E-state index contributed by atoms with van der Waals surface area (Å²) in [5.41, 5.74) is 0. The minimum absolute atomic E-state index is 0.0134. The van der Waals surface area contributed by atoms with Gasteiger partial charge in [-0.15, -0.1) is 0 Å². The molecule has 0 unspecified atom stereocenters. The molecule has 1 fully saturated rings. The van der Waals surface area contributed by atoms with Crippen LogP contribution in [0.2, 0.25) is 0 Å². The molecule has 9 heteroatoms. The largest absolute Gasteiger partial charge is 0.743 e. The van der Waals surface area contributed by atoms with Crippen LogP contribution in [0.15, 0.2) is 0 Å². The predicted molar refractivity (Wildman–Crippen MR) is 48.7 cm³/mol. The average Bonchev–Trinajstić information content (AvgIpc) is 2.16. The van der Waals surface area contributed by atoms with Gasteiger partial charge in [0.25, 0.3) is 0 Å². The van der Waals surface area contributed by atoms with Crippen LogP contribution in [0.1, 0.15) is 0 Å². The van der Waals surface area contributed by atoms with Crippen molar-refractivity contribution in [1.29, 1.82) is 0 Å². The molecule has 0 aromatic carbocycles. The van der Waals surface area contributed by atoms with Gasteiger partial charge in [-0.1, -0.05) is 0 Å². The van der Waals surface area contributed by atoms with Crippen molar-refractivity contribution in [2.75, 3.05) is 33.2 Å². The van der Waals surface area contributed by atoms with E-state index in [4.69, 9.17) is 0 Å². The summed E-state index contributed by atoms with van der Waals surface area (Å²) in [6, 6.07) is 0. The Hall–Kier alpha value is -0.800. The third kappa shape index (κ3) is 2.47. The van der Waals surface area contributed by atoms with Crippen LogP contribution in [-0.4, -0.2) is 67.2 Å². The summed E-state index contributed by atoms with van der Waals surface area (Å²) in [6.07, 6.45) is 0. The molecule has 6 nitrogen and oxygen atoms in total. The van der Waals surface area contributed by atoms with Gasteiger partial charge in [0, 0.05) is 26.2 Å². The Bertz CT molecular complexity index is 376. The number of carbonyl (C=O) groups excluding carboxylic acids is 1. The molecule has 0 aliphatic carbocycles. The summed E-state index contributed by atoms with van der Waals surface area (Å²) in [6.45, 7) is 0.697. The fraction of sp³-hybridized carbons (Fsp3) is 0.857. The number of likely N-dealkylation sites (N-methyl/N-ethyl adjacent to an activating group) is 1. The SMILES string of the molecule is CN1CCN(C(=O)C(F)(F)S(=O)(=O)[O-])CC1. The highest BCUT2D eigenvalue weighted by molar-refractivity contribution is 7.87. The fourth-order valence-electron chi connectivity index (χ4n) is 1.30. The smallest absolute Gasteiger partial charge is 0.410 e. The molecule has 0 saturated carbocycles. The molecule has 16 heavy (non-hydrogen) atoms. The van der Waals surface area contributed by atoms with Crippen LogP contribution in [0.4, 0.5) is 8.78 Å². The van der Waals surface area contributed by atoms with Gasteiger partial charge in [-0.25, -0.2) is 8.42 Å². The van der Waals surface area contributed by atoms with Crippen molar-refractivity contribution in [3.05, 3.63) is 0 Å². The molecular formula is C7H11F2N2O4S-. The number of piperazine rings is 1. The number of alkyl halides is 2. The normalized spacial score (nSPS) is 19.9. The second kappa shape index (κ2) is 4.22. The van der Waals surface area contributed by atoms with Gasteiger partial charge in [0.05, 0.1) is 0 Å². The molecule has 1 aliphatic rings. The highest BCUT2D eigenvalue weighted by Crippen LogP contribution is 2.23. The quantitative estimate of drug-likeness (QED) is 0.586. The van der Waals surface area contributed by atoms with E-state index in [1.807, 2.05) is 0 Å². The van der Waals surface area contributed by atoms with Crippen molar-refractivity contribution in [2.24, 2.45) is 0 Å². The van der Waals surface area contributed by atoms with Crippen LogP contribution in [0.25, 0.3) is 0 Å². The fourth-order valence-corrected chi connectivity index (χ4v) is 1.64. The monoisotopic (exact) mass is 257 g/mol. The van der Waals surface area contributed by atoms with Gasteiger partial charge in [-0.05, 0) is 7.05 Å². The summed E-state index contributed by atoms with van der Waals surface area (Å²) in [5, 5.41) is -4.87. The maximum absolute atomic E-state index is 12.9. The molecule has 0 N–H and O–H groups in total. The van der Waals surface area contributed by atoms with Crippen LogP contribution in [-0.2, 0) is 14.9 Å². The first-order valence-electron chi connectivity index (χ1n) is 4.47. The number of rotatable bonds is 2. The highest BCUT2D eigenvalue weighted by atomic mass is 32.2. The first-order chi connectivity index (χ1) is 7.16. The standard InChI is InChI=1S/C7H12F2N2O4S/c1-10-2-4-11(5-3-10)6(12)7(8,9)16(13,14)15/h2-5H2,1H3,(H,13,14,15)/p-1. The van der Waals surface area contributed by atoms with Gasteiger partial charge in [0.2, 0.25) is 0 Å². The first-order valence-corrected chi connectivity index (χ1v) is 5.88. The van der Waals surface area contributed by atoms with E-state index >= 15 is 0 Å². The zero-order valence-electron chi connectivity index (χ0n) is 8.52. The third-order valence-electron chi connectivity index (χ3n) is 2.35. The molecule has 1 amide bonds. The van der Waals surface area contributed by atoms with E-state index in [1.54, 1.807) is 11.9 Å². The van der Waals surface area contributed by atoms with E-state index in [0.29, 0.717) is 18.0 Å². The highest BCUT2D eigenvalue weighted by Gasteiger charge is 2.49. The van der Waals surface area contributed by atoms with Crippen molar-refractivity contribution in [3.63, 3.8) is 0 Å². The van der Waals surface area contributed by atoms with Gasteiger partial charge < -0.3 is 14.4 Å². The van der Waals surface area contributed by atoms with Crippen molar-refractivity contribution >= 4 is 16.0 Å². The first kappa shape index (κ1) is 13.3. The number of carbonyl (C=O) groups is 1. The van der Waals surface area contributed by atoms with Crippen molar-refractivity contribution in [3.8, 4) is 0 Å².